The van der Waals surface area contributed by atoms with E-state index in [1.165, 1.54) is 49.0 Å². The molecule has 1 saturated carbocycles. The first-order chi connectivity index (χ1) is 9.61. The molecule has 1 aliphatic rings. The van der Waals surface area contributed by atoms with Gasteiger partial charge in [-0.1, -0.05) is 32.8 Å². The molecule has 1 N–H and O–H groups in total. The minimum Gasteiger partial charge on any atom is -0.368 e. The molecule has 0 saturated heterocycles. The highest BCUT2D eigenvalue weighted by molar-refractivity contribution is 5.52. The van der Waals surface area contributed by atoms with Gasteiger partial charge in [-0.15, -0.1) is 0 Å². The molecule has 20 heavy (non-hydrogen) atoms. The van der Waals surface area contributed by atoms with Crippen molar-refractivity contribution in [2.45, 2.75) is 59.0 Å². The van der Waals surface area contributed by atoms with Gasteiger partial charge in [0.1, 0.15) is 0 Å². The SMILES string of the molecule is CNCc1ccc(N(CC(C)C)C2CCCC2)cc1C. The Balaban J connectivity index is 2.21. The molecule has 0 bridgehead atoms. The Hall–Kier alpha value is -1.02. The minimum absolute atomic E-state index is 0.716. The second kappa shape index (κ2) is 7.12. The van der Waals surface area contributed by atoms with Gasteiger partial charge in [-0.25, -0.2) is 0 Å². The fourth-order valence-corrected chi connectivity index (χ4v) is 3.32. The summed E-state index contributed by atoms with van der Waals surface area (Å²) in [5, 5.41) is 3.25. The average molecular weight is 274 g/mol. The van der Waals surface area contributed by atoms with Crippen molar-refractivity contribution in [3.8, 4) is 0 Å². The van der Waals surface area contributed by atoms with Gasteiger partial charge < -0.3 is 10.2 Å². The quantitative estimate of drug-likeness (QED) is 0.839. The summed E-state index contributed by atoms with van der Waals surface area (Å²) in [6.45, 7) is 9.02. The van der Waals surface area contributed by atoms with Crippen molar-refractivity contribution in [2.24, 2.45) is 5.92 Å². The number of anilines is 1. The van der Waals surface area contributed by atoms with E-state index in [4.69, 9.17) is 0 Å². The molecule has 0 aromatic heterocycles. The van der Waals surface area contributed by atoms with Crippen LogP contribution in [0.3, 0.4) is 0 Å². The zero-order valence-corrected chi connectivity index (χ0v) is 13.6. The molecule has 1 fully saturated rings. The Labute approximate surface area is 124 Å². The predicted molar refractivity (Wildman–Crippen MR) is 88.4 cm³/mol. The van der Waals surface area contributed by atoms with E-state index in [1.807, 2.05) is 7.05 Å². The average Bonchev–Trinajstić information content (AvgIpc) is 2.92. The van der Waals surface area contributed by atoms with Crippen LogP contribution in [0.1, 0.15) is 50.7 Å². The molecule has 1 aliphatic carbocycles. The highest BCUT2D eigenvalue weighted by Gasteiger charge is 2.23. The number of aryl methyl sites for hydroxylation is 1. The normalized spacial score (nSPS) is 16.1. The maximum atomic E-state index is 3.25. The summed E-state index contributed by atoms with van der Waals surface area (Å²) < 4.78 is 0. The smallest absolute Gasteiger partial charge is 0.0371 e. The molecule has 0 atom stereocenters. The Morgan fingerprint density at radius 3 is 2.50 bits per heavy atom. The molecule has 1 aromatic rings. The first-order valence-corrected chi connectivity index (χ1v) is 8.12. The number of hydrogen-bond acceptors (Lipinski definition) is 2. The van der Waals surface area contributed by atoms with Crippen LogP contribution >= 0.6 is 0 Å². The molecule has 2 rings (SSSR count). The van der Waals surface area contributed by atoms with Crippen molar-refractivity contribution >= 4 is 5.69 Å². The van der Waals surface area contributed by atoms with E-state index in [0.717, 1.165) is 12.6 Å². The van der Waals surface area contributed by atoms with E-state index in [0.29, 0.717) is 5.92 Å². The zero-order chi connectivity index (χ0) is 14.5. The highest BCUT2D eigenvalue weighted by atomic mass is 15.2. The molecule has 2 nitrogen and oxygen atoms in total. The molecule has 0 radical (unpaired) electrons. The van der Waals surface area contributed by atoms with Gasteiger partial charge in [-0.3, -0.25) is 0 Å². The van der Waals surface area contributed by atoms with Crippen molar-refractivity contribution < 1.29 is 0 Å². The zero-order valence-electron chi connectivity index (χ0n) is 13.6. The number of rotatable bonds is 6. The fourth-order valence-electron chi connectivity index (χ4n) is 3.32. The summed E-state index contributed by atoms with van der Waals surface area (Å²) in [4.78, 5) is 2.66. The molecular formula is C18H30N2. The van der Waals surface area contributed by atoms with Crippen LogP contribution in [0.2, 0.25) is 0 Å². The topological polar surface area (TPSA) is 15.3 Å². The fraction of sp³-hybridized carbons (Fsp3) is 0.667. The van der Waals surface area contributed by atoms with Crippen molar-refractivity contribution in [3.63, 3.8) is 0 Å². The Bertz CT molecular complexity index is 419. The van der Waals surface area contributed by atoms with E-state index in [-0.39, 0.29) is 0 Å². The lowest BCUT2D eigenvalue weighted by Crippen LogP contribution is -2.36. The van der Waals surface area contributed by atoms with Crippen molar-refractivity contribution in [3.05, 3.63) is 29.3 Å². The van der Waals surface area contributed by atoms with Crippen LogP contribution in [0.15, 0.2) is 18.2 Å². The Morgan fingerprint density at radius 2 is 1.95 bits per heavy atom. The molecule has 0 heterocycles. The van der Waals surface area contributed by atoms with E-state index in [2.05, 4.69) is 49.2 Å². The third kappa shape index (κ3) is 3.76. The summed E-state index contributed by atoms with van der Waals surface area (Å²) in [6.07, 6.45) is 5.53. The first-order valence-electron chi connectivity index (χ1n) is 8.12. The van der Waals surface area contributed by atoms with Crippen molar-refractivity contribution in [1.82, 2.24) is 5.32 Å². The van der Waals surface area contributed by atoms with Crippen LogP contribution in [-0.2, 0) is 6.54 Å². The van der Waals surface area contributed by atoms with Crippen molar-refractivity contribution in [1.29, 1.82) is 0 Å². The lowest BCUT2D eigenvalue weighted by molar-refractivity contribution is 0.535. The summed E-state index contributed by atoms with van der Waals surface area (Å²) in [5.41, 5.74) is 4.23. The van der Waals surface area contributed by atoms with E-state index >= 15 is 0 Å². The maximum absolute atomic E-state index is 3.25. The molecular weight excluding hydrogens is 244 g/mol. The summed E-state index contributed by atoms with van der Waals surface area (Å²) in [7, 11) is 2.01. The van der Waals surface area contributed by atoms with Crippen LogP contribution in [-0.4, -0.2) is 19.6 Å². The standard InChI is InChI=1S/C18H30N2/c1-14(2)13-20(17-7-5-6-8-17)18-10-9-16(12-19-4)15(3)11-18/h9-11,14,17,19H,5-8,12-13H2,1-4H3. The lowest BCUT2D eigenvalue weighted by Gasteiger charge is -2.33. The van der Waals surface area contributed by atoms with E-state index in [1.54, 1.807) is 0 Å². The Kier molecular flexibility index (Phi) is 5.47. The molecule has 0 amide bonds. The van der Waals surface area contributed by atoms with Gasteiger partial charge in [0.15, 0.2) is 0 Å². The molecule has 0 spiro atoms. The molecule has 0 unspecified atom stereocenters. The van der Waals surface area contributed by atoms with E-state index < -0.39 is 0 Å². The molecule has 112 valence electrons. The van der Waals surface area contributed by atoms with Crippen LogP contribution in [0.5, 0.6) is 0 Å². The summed E-state index contributed by atoms with van der Waals surface area (Å²) >= 11 is 0. The third-order valence-corrected chi connectivity index (χ3v) is 4.35. The van der Waals surface area contributed by atoms with Crippen LogP contribution in [0, 0.1) is 12.8 Å². The van der Waals surface area contributed by atoms with Gasteiger partial charge in [0.25, 0.3) is 0 Å². The number of nitrogens with one attached hydrogen (secondary N) is 1. The lowest BCUT2D eigenvalue weighted by atomic mass is 10.0. The summed E-state index contributed by atoms with van der Waals surface area (Å²) in [6, 6.07) is 7.75. The monoisotopic (exact) mass is 274 g/mol. The van der Waals surface area contributed by atoms with Gasteiger partial charge >= 0.3 is 0 Å². The minimum atomic E-state index is 0.716. The van der Waals surface area contributed by atoms with Gasteiger partial charge in [0, 0.05) is 24.8 Å². The second-order valence-electron chi connectivity index (χ2n) is 6.63. The largest absolute Gasteiger partial charge is 0.368 e. The van der Waals surface area contributed by atoms with E-state index in [9.17, 15) is 0 Å². The summed E-state index contributed by atoms with van der Waals surface area (Å²) in [5.74, 6) is 0.716. The Morgan fingerprint density at radius 1 is 1.25 bits per heavy atom. The van der Waals surface area contributed by atoms with Gasteiger partial charge in [-0.05, 0) is 56.0 Å². The number of benzene rings is 1. The third-order valence-electron chi connectivity index (χ3n) is 4.35. The highest BCUT2D eigenvalue weighted by Crippen LogP contribution is 2.30. The van der Waals surface area contributed by atoms with Gasteiger partial charge in [0.2, 0.25) is 0 Å². The molecule has 1 aromatic carbocycles. The first kappa shape index (κ1) is 15.4. The molecule has 0 aliphatic heterocycles. The number of hydrogen-bond donors (Lipinski definition) is 1. The van der Waals surface area contributed by atoms with Crippen LogP contribution < -0.4 is 10.2 Å². The molecule has 2 heteroatoms. The van der Waals surface area contributed by atoms with Crippen LogP contribution in [0.25, 0.3) is 0 Å². The van der Waals surface area contributed by atoms with Crippen molar-refractivity contribution in [2.75, 3.05) is 18.5 Å². The maximum Gasteiger partial charge on any atom is 0.0371 e. The number of nitrogens with zero attached hydrogens (tertiary/aromatic N) is 1. The van der Waals surface area contributed by atoms with Gasteiger partial charge in [0.05, 0.1) is 0 Å². The second-order valence-corrected chi connectivity index (χ2v) is 6.63. The van der Waals surface area contributed by atoms with Gasteiger partial charge in [-0.2, -0.15) is 0 Å². The predicted octanol–water partition coefficient (Wildman–Crippen LogP) is 4.12. The van der Waals surface area contributed by atoms with Crippen LogP contribution in [0.4, 0.5) is 5.69 Å².